The molecule has 0 atom stereocenters. The summed E-state index contributed by atoms with van der Waals surface area (Å²) in [4.78, 5) is 17.7. The van der Waals surface area contributed by atoms with Gasteiger partial charge in [-0.3, -0.25) is 4.79 Å². The van der Waals surface area contributed by atoms with Crippen LogP contribution in [0, 0.1) is 0 Å². The van der Waals surface area contributed by atoms with E-state index in [1.54, 1.807) is 26.6 Å². The maximum atomic E-state index is 13.2. The Morgan fingerprint density at radius 1 is 1.18 bits per heavy atom. The van der Waals surface area contributed by atoms with E-state index in [9.17, 15) is 4.79 Å². The van der Waals surface area contributed by atoms with Gasteiger partial charge >= 0.3 is 0 Å². The number of aryl methyl sites for hydroxylation is 1. The summed E-state index contributed by atoms with van der Waals surface area (Å²) in [6.07, 6.45) is 5.88. The third-order valence-electron chi connectivity index (χ3n) is 5.93. The number of hydrogen-bond donors (Lipinski definition) is 2. The SMILES string of the molecule is CCn1ncc2c(NC3CCOCC3)c(C(=O)NCCc3ccc(OC)c(OC)c3)cnc21. The van der Waals surface area contributed by atoms with Crippen LogP contribution < -0.4 is 20.1 Å². The van der Waals surface area contributed by atoms with Gasteiger partial charge in [0.2, 0.25) is 0 Å². The van der Waals surface area contributed by atoms with Crippen LogP contribution in [0.3, 0.4) is 0 Å². The van der Waals surface area contributed by atoms with Crippen LogP contribution in [-0.4, -0.2) is 60.7 Å². The predicted molar refractivity (Wildman–Crippen MR) is 126 cm³/mol. The predicted octanol–water partition coefficient (Wildman–Crippen LogP) is 3.03. The summed E-state index contributed by atoms with van der Waals surface area (Å²) in [5, 5.41) is 11.9. The van der Waals surface area contributed by atoms with E-state index in [1.807, 2.05) is 29.8 Å². The highest BCUT2D eigenvalue weighted by molar-refractivity contribution is 6.06. The van der Waals surface area contributed by atoms with Crippen LogP contribution in [0.25, 0.3) is 11.0 Å². The Bertz CT molecular complexity index is 1110. The number of anilines is 1. The summed E-state index contributed by atoms with van der Waals surface area (Å²) in [5.41, 5.74) is 3.13. The van der Waals surface area contributed by atoms with Crippen molar-refractivity contribution in [1.29, 1.82) is 0 Å². The number of aromatic nitrogens is 3. The van der Waals surface area contributed by atoms with Crippen molar-refractivity contribution in [2.45, 2.75) is 38.8 Å². The minimum atomic E-state index is -0.163. The Morgan fingerprint density at radius 3 is 2.70 bits per heavy atom. The van der Waals surface area contributed by atoms with Gasteiger partial charge in [-0.05, 0) is 43.9 Å². The second-order valence-corrected chi connectivity index (χ2v) is 7.97. The second-order valence-electron chi connectivity index (χ2n) is 7.97. The van der Waals surface area contributed by atoms with E-state index in [1.165, 1.54) is 0 Å². The van der Waals surface area contributed by atoms with Crippen molar-refractivity contribution < 1.29 is 19.0 Å². The molecule has 0 spiro atoms. The molecule has 9 nitrogen and oxygen atoms in total. The zero-order valence-electron chi connectivity index (χ0n) is 19.4. The van der Waals surface area contributed by atoms with E-state index in [4.69, 9.17) is 14.2 Å². The molecule has 1 aliphatic heterocycles. The molecular formula is C24H31N5O4. The molecule has 1 amide bonds. The number of ether oxygens (including phenoxy) is 3. The highest BCUT2D eigenvalue weighted by Gasteiger charge is 2.22. The Hall–Kier alpha value is -3.33. The van der Waals surface area contributed by atoms with Gasteiger partial charge in [0, 0.05) is 38.5 Å². The zero-order valence-corrected chi connectivity index (χ0v) is 19.4. The number of nitrogens with one attached hydrogen (secondary N) is 2. The number of fused-ring (bicyclic) bond motifs is 1. The van der Waals surface area contributed by atoms with Crippen LogP contribution in [0.4, 0.5) is 5.69 Å². The lowest BCUT2D eigenvalue weighted by atomic mass is 10.1. The number of rotatable bonds is 9. The molecule has 3 aromatic rings. The minimum absolute atomic E-state index is 0.163. The van der Waals surface area contributed by atoms with Crippen LogP contribution in [0.1, 0.15) is 35.7 Å². The summed E-state index contributed by atoms with van der Waals surface area (Å²) in [5.74, 6) is 1.19. The van der Waals surface area contributed by atoms with Gasteiger partial charge in [-0.15, -0.1) is 0 Å². The van der Waals surface area contributed by atoms with Crippen molar-refractivity contribution in [3.05, 3.63) is 41.7 Å². The molecular weight excluding hydrogens is 422 g/mol. The molecule has 4 rings (SSSR count). The molecule has 2 N–H and O–H groups in total. The van der Waals surface area contributed by atoms with Gasteiger partial charge in [0.1, 0.15) is 0 Å². The zero-order chi connectivity index (χ0) is 23.2. The van der Waals surface area contributed by atoms with Crippen molar-refractivity contribution in [3.8, 4) is 11.5 Å². The largest absolute Gasteiger partial charge is 0.493 e. The van der Waals surface area contributed by atoms with Gasteiger partial charge in [0.15, 0.2) is 17.1 Å². The first kappa shape index (κ1) is 22.8. The van der Waals surface area contributed by atoms with Gasteiger partial charge in [-0.2, -0.15) is 5.10 Å². The fourth-order valence-electron chi connectivity index (χ4n) is 4.08. The molecule has 0 aliphatic carbocycles. The number of benzene rings is 1. The van der Waals surface area contributed by atoms with Crippen LogP contribution in [0.2, 0.25) is 0 Å². The van der Waals surface area contributed by atoms with E-state index in [0.717, 1.165) is 35.1 Å². The van der Waals surface area contributed by atoms with Gasteiger partial charge in [-0.25, -0.2) is 9.67 Å². The molecule has 33 heavy (non-hydrogen) atoms. The van der Waals surface area contributed by atoms with Crippen LogP contribution >= 0.6 is 0 Å². The van der Waals surface area contributed by atoms with E-state index in [2.05, 4.69) is 20.7 Å². The normalized spacial score (nSPS) is 14.3. The topological polar surface area (TPSA) is 99.5 Å². The average molecular weight is 454 g/mol. The number of carbonyl (C=O) groups is 1. The quantitative estimate of drug-likeness (QED) is 0.514. The highest BCUT2D eigenvalue weighted by Crippen LogP contribution is 2.29. The lowest BCUT2D eigenvalue weighted by Crippen LogP contribution is -2.31. The first-order valence-corrected chi connectivity index (χ1v) is 11.3. The van der Waals surface area contributed by atoms with Crippen LogP contribution in [-0.2, 0) is 17.7 Å². The smallest absolute Gasteiger partial charge is 0.254 e. The van der Waals surface area contributed by atoms with Crippen molar-refractivity contribution in [2.75, 3.05) is 39.3 Å². The van der Waals surface area contributed by atoms with E-state index >= 15 is 0 Å². The molecule has 1 aromatic carbocycles. The van der Waals surface area contributed by atoms with Crippen LogP contribution in [0.5, 0.6) is 11.5 Å². The van der Waals surface area contributed by atoms with E-state index in [-0.39, 0.29) is 11.9 Å². The number of amides is 1. The summed E-state index contributed by atoms with van der Waals surface area (Å²) >= 11 is 0. The average Bonchev–Trinajstić information content (AvgIpc) is 3.28. The molecule has 3 heterocycles. The van der Waals surface area contributed by atoms with Crippen molar-refractivity contribution in [2.24, 2.45) is 0 Å². The molecule has 0 saturated carbocycles. The molecule has 0 unspecified atom stereocenters. The number of hydrogen-bond acceptors (Lipinski definition) is 7. The fourth-order valence-corrected chi connectivity index (χ4v) is 4.08. The van der Waals surface area contributed by atoms with Gasteiger partial charge < -0.3 is 24.8 Å². The molecule has 1 fully saturated rings. The minimum Gasteiger partial charge on any atom is -0.493 e. The summed E-state index contributed by atoms with van der Waals surface area (Å²) in [7, 11) is 3.22. The monoisotopic (exact) mass is 453 g/mol. The van der Waals surface area contributed by atoms with Gasteiger partial charge in [-0.1, -0.05) is 6.07 Å². The lowest BCUT2D eigenvalue weighted by molar-refractivity contribution is 0.0904. The summed E-state index contributed by atoms with van der Waals surface area (Å²) < 4.78 is 18.0. The third-order valence-corrected chi connectivity index (χ3v) is 5.93. The molecule has 1 aliphatic rings. The maximum Gasteiger partial charge on any atom is 0.254 e. The summed E-state index contributed by atoms with van der Waals surface area (Å²) in [6, 6.07) is 6.01. The summed E-state index contributed by atoms with van der Waals surface area (Å²) in [6.45, 7) is 4.65. The fraction of sp³-hybridized carbons (Fsp3) is 0.458. The lowest BCUT2D eigenvalue weighted by Gasteiger charge is -2.25. The van der Waals surface area contributed by atoms with Crippen molar-refractivity contribution in [3.63, 3.8) is 0 Å². The first-order chi connectivity index (χ1) is 16.1. The number of carbonyl (C=O) groups excluding carboxylic acids is 1. The molecule has 1 saturated heterocycles. The molecule has 176 valence electrons. The molecule has 9 heteroatoms. The number of methoxy groups -OCH3 is 2. The van der Waals surface area contributed by atoms with E-state index in [0.29, 0.717) is 49.8 Å². The Morgan fingerprint density at radius 2 is 1.97 bits per heavy atom. The first-order valence-electron chi connectivity index (χ1n) is 11.3. The van der Waals surface area contributed by atoms with Crippen LogP contribution in [0.15, 0.2) is 30.6 Å². The van der Waals surface area contributed by atoms with Gasteiger partial charge in [0.05, 0.1) is 37.1 Å². The maximum absolute atomic E-state index is 13.2. The Balaban J connectivity index is 1.51. The molecule has 0 bridgehead atoms. The van der Waals surface area contributed by atoms with E-state index < -0.39 is 0 Å². The number of pyridine rings is 1. The van der Waals surface area contributed by atoms with Crippen molar-refractivity contribution >= 4 is 22.6 Å². The standard InChI is InChI=1S/C24H31N5O4/c1-4-29-23-18(15-27-29)22(28-17-8-11-33-12-9-17)19(14-26-23)24(30)25-10-7-16-5-6-20(31-2)21(13-16)32-3/h5-6,13-15,17H,4,7-12H2,1-3H3,(H,25,30)(H,26,28). The highest BCUT2D eigenvalue weighted by atomic mass is 16.5. The number of nitrogens with zero attached hydrogens (tertiary/aromatic N) is 3. The molecule has 2 aromatic heterocycles. The second kappa shape index (κ2) is 10.5. The Labute approximate surface area is 193 Å². The van der Waals surface area contributed by atoms with Crippen molar-refractivity contribution in [1.82, 2.24) is 20.1 Å². The Kier molecular flexibility index (Phi) is 7.29. The van der Waals surface area contributed by atoms with Gasteiger partial charge in [0.25, 0.3) is 5.91 Å². The third kappa shape index (κ3) is 5.03. The molecule has 0 radical (unpaired) electrons.